The standard InChI is InChI=1S/C12H11ClN2O2/c1-2-11-14-5-6-15(11)10-7-8(13)3-4-9(10)12(16)17/h3-7H,2H2,1H3,(H,16,17). The van der Waals surface area contributed by atoms with Crippen molar-refractivity contribution in [1.29, 1.82) is 0 Å². The zero-order chi connectivity index (χ0) is 12.4. The van der Waals surface area contributed by atoms with E-state index in [4.69, 9.17) is 16.7 Å². The Morgan fingerprint density at radius 2 is 2.29 bits per heavy atom. The van der Waals surface area contributed by atoms with Crippen LogP contribution >= 0.6 is 11.6 Å². The van der Waals surface area contributed by atoms with Gasteiger partial charge in [0, 0.05) is 23.8 Å². The van der Waals surface area contributed by atoms with Gasteiger partial charge < -0.3 is 9.67 Å². The normalized spacial score (nSPS) is 10.5. The van der Waals surface area contributed by atoms with Crippen molar-refractivity contribution < 1.29 is 9.90 Å². The number of hydrogen-bond acceptors (Lipinski definition) is 2. The number of carboxylic acid groups (broad SMARTS) is 1. The molecule has 0 fully saturated rings. The Morgan fingerprint density at radius 3 is 2.94 bits per heavy atom. The summed E-state index contributed by atoms with van der Waals surface area (Å²) >= 11 is 5.91. The molecule has 2 aromatic rings. The van der Waals surface area contributed by atoms with Crippen molar-refractivity contribution >= 4 is 17.6 Å². The van der Waals surface area contributed by atoms with Crippen LogP contribution in [0.2, 0.25) is 5.02 Å². The van der Waals surface area contributed by atoms with Gasteiger partial charge in [-0.15, -0.1) is 0 Å². The summed E-state index contributed by atoms with van der Waals surface area (Å²) in [4.78, 5) is 15.3. The average Bonchev–Trinajstić information content (AvgIpc) is 2.76. The molecule has 0 amide bonds. The molecule has 0 aliphatic heterocycles. The lowest BCUT2D eigenvalue weighted by Crippen LogP contribution is -2.07. The minimum Gasteiger partial charge on any atom is -0.478 e. The maximum absolute atomic E-state index is 11.2. The van der Waals surface area contributed by atoms with Crippen LogP contribution in [-0.4, -0.2) is 20.6 Å². The van der Waals surface area contributed by atoms with E-state index in [1.54, 1.807) is 29.1 Å². The van der Waals surface area contributed by atoms with Gasteiger partial charge in [0.05, 0.1) is 11.3 Å². The van der Waals surface area contributed by atoms with Crippen LogP contribution < -0.4 is 0 Å². The van der Waals surface area contributed by atoms with E-state index in [1.807, 2.05) is 6.92 Å². The molecule has 0 radical (unpaired) electrons. The lowest BCUT2D eigenvalue weighted by atomic mass is 10.1. The first-order valence-corrected chi connectivity index (χ1v) is 5.56. The van der Waals surface area contributed by atoms with E-state index in [1.165, 1.54) is 6.07 Å². The highest BCUT2D eigenvalue weighted by Gasteiger charge is 2.13. The fourth-order valence-corrected chi connectivity index (χ4v) is 1.87. The van der Waals surface area contributed by atoms with Gasteiger partial charge in [-0.05, 0) is 18.2 Å². The molecule has 4 nitrogen and oxygen atoms in total. The van der Waals surface area contributed by atoms with Crippen molar-refractivity contribution in [2.45, 2.75) is 13.3 Å². The number of nitrogens with zero attached hydrogens (tertiary/aromatic N) is 2. The number of halogens is 1. The van der Waals surface area contributed by atoms with Gasteiger partial charge in [-0.25, -0.2) is 9.78 Å². The second-order valence-electron chi connectivity index (χ2n) is 3.53. The molecule has 1 aromatic heterocycles. The Bertz CT molecular complexity index is 563. The van der Waals surface area contributed by atoms with E-state index < -0.39 is 5.97 Å². The van der Waals surface area contributed by atoms with Crippen LogP contribution in [0.5, 0.6) is 0 Å². The van der Waals surface area contributed by atoms with Gasteiger partial charge in [-0.3, -0.25) is 0 Å². The number of hydrogen-bond donors (Lipinski definition) is 1. The number of imidazole rings is 1. The number of aromatic nitrogens is 2. The molecule has 1 heterocycles. The van der Waals surface area contributed by atoms with E-state index in [9.17, 15) is 4.79 Å². The summed E-state index contributed by atoms with van der Waals surface area (Å²) in [6, 6.07) is 4.70. The van der Waals surface area contributed by atoms with Crippen LogP contribution in [-0.2, 0) is 6.42 Å². The first kappa shape index (κ1) is 11.7. The molecule has 2 rings (SSSR count). The summed E-state index contributed by atoms with van der Waals surface area (Å²) in [5.41, 5.74) is 0.751. The Hall–Kier alpha value is -1.81. The van der Waals surface area contributed by atoms with Crippen molar-refractivity contribution in [3.63, 3.8) is 0 Å². The van der Waals surface area contributed by atoms with Crippen molar-refractivity contribution in [3.8, 4) is 5.69 Å². The topological polar surface area (TPSA) is 55.1 Å². The number of aryl methyl sites for hydroxylation is 1. The zero-order valence-electron chi connectivity index (χ0n) is 9.22. The van der Waals surface area contributed by atoms with Gasteiger partial charge >= 0.3 is 5.97 Å². The summed E-state index contributed by atoms with van der Waals surface area (Å²) in [5, 5.41) is 9.64. The van der Waals surface area contributed by atoms with E-state index in [0.29, 0.717) is 10.7 Å². The highest BCUT2D eigenvalue weighted by Crippen LogP contribution is 2.21. The Labute approximate surface area is 103 Å². The predicted octanol–water partition coefficient (Wildman–Crippen LogP) is 2.79. The smallest absolute Gasteiger partial charge is 0.337 e. The molecule has 17 heavy (non-hydrogen) atoms. The van der Waals surface area contributed by atoms with Gasteiger partial charge in [0.2, 0.25) is 0 Å². The second-order valence-corrected chi connectivity index (χ2v) is 3.97. The number of carbonyl (C=O) groups is 1. The third-order valence-corrected chi connectivity index (χ3v) is 2.72. The molecule has 0 aliphatic rings. The molecule has 0 atom stereocenters. The molecular weight excluding hydrogens is 240 g/mol. The molecule has 0 aliphatic carbocycles. The van der Waals surface area contributed by atoms with Crippen molar-refractivity contribution in [3.05, 3.63) is 47.0 Å². The first-order chi connectivity index (χ1) is 8.13. The van der Waals surface area contributed by atoms with Gasteiger partial charge in [0.1, 0.15) is 5.82 Å². The van der Waals surface area contributed by atoms with Crippen LogP contribution in [0.3, 0.4) is 0 Å². The molecule has 0 spiro atoms. The van der Waals surface area contributed by atoms with E-state index in [-0.39, 0.29) is 5.56 Å². The summed E-state index contributed by atoms with van der Waals surface area (Å²) in [5.74, 6) is -0.179. The number of carboxylic acids is 1. The first-order valence-electron chi connectivity index (χ1n) is 5.19. The third-order valence-electron chi connectivity index (χ3n) is 2.48. The highest BCUT2D eigenvalue weighted by molar-refractivity contribution is 6.30. The minimum absolute atomic E-state index is 0.210. The van der Waals surface area contributed by atoms with Gasteiger partial charge in [-0.2, -0.15) is 0 Å². The molecule has 0 saturated heterocycles. The summed E-state index contributed by atoms with van der Waals surface area (Å²) in [6.45, 7) is 1.96. The van der Waals surface area contributed by atoms with Crippen LogP contribution in [0.4, 0.5) is 0 Å². The third kappa shape index (κ3) is 2.17. The number of aromatic carboxylic acids is 1. The summed E-state index contributed by atoms with van der Waals surface area (Å²) in [6.07, 6.45) is 4.10. The maximum atomic E-state index is 11.2. The van der Waals surface area contributed by atoms with Crippen LogP contribution in [0.1, 0.15) is 23.1 Å². The largest absolute Gasteiger partial charge is 0.478 e. The Morgan fingerprint density at radius 1 is 1.53 bits per heavy atom. The SMILES string of the molecule is CCc1nccn1-c1cc(Cl)ccc1C(=O)O. The summed E-state index contributed by atoms with van der Waals surface area (Å²) < 4.78 is 1.75. The molecule has 0 unspecified atom stereocenters. The minimum atomic E-state index is -0.979. The van der Waals surface area contributed by atoms with E-state index in [2.05, 4.69) is 4.98 Å². The van der Waals surface area contributed by atoms with Gasteiger partial charge in [0.15, 0.2) is 0 Å². The maximum Gasteiger partial charge on any atom is 0.337 e. The van der Waals surface area contributed by atoms with Gasteiger partial charge in [-0.1, -0.05) is 18.5 Å². The molecule has 1 aromatic carbocycles. The van der Waals surface area contributed by atoms with Crippen LogP contribution in [0.15, 0.2) is 30.6 Å². The van der Waals surface area contributed by atoms with E-state index >= 15 is 0 Å². The highest BCUT2D eigenvalue weighted by atomic mass is 35.5. The monoisotopic (exact) mass is 250 g/mol. The Kier molecular flexibility index (Phi) is 3.15. The molecular formula is C12H11ClN2O2. The fraction of sp³-hybridized carbons (Fsp3) is 0.167. The molecule has 88 valence electrons. The molecule has 5 heteroatoms. The quantitative estimate of drug-likeness (QED) is 0.911. The Balaban J connectivity index is 2.65. The fourth-order valence-electron chi connectivity index (χ4n) is 1.70. The zero-order valence-corrected chi connectivity index (χ0v) is 9.98. The van der Waals surface area contributed by atoms with E-state index in [0.717, 1.165) is 12.2 Å². The average molecular weight is 251 g/mol. The lowest BCUT2D eigenvalue weighted by molar-refractivity contribution is 0.0697. The predicted molar refractivity (Wildman–Crippen MR) is 64.9 cm³/mol. The number of benzene rings is 1. The van der Waals surface area contributed by atoms with Crippen LogP contribution in [0, 0.1) is 0 Å². The van der Waals surface area contributed by atoms with Crippen molar-refractivity contribution in [2.24, 2.45) is 0 Å². The van der Waals surface area contributed by atoms with Crippen molar-refractivity contribution in [1.82, 2.24) is 9.55 Å². The lowest BCUT2D eigenvalue weighted by Gasteiger charge is -2.10. The summed E-state index contributed by atoms with van der Waals surface area (Å²) in [7, 11) is 0. The van der Waals surface area contributed by atoms with Crippen molar-refractivity contribution in [2.75, 3.05) is 0 Å². The van der Waals surface area contributed by atoms with Crippen LogP contribution in [0.25, 0.3) is 5.69 Å². The molecule has 0 bridgehead atoms. The number of rotatable bonds is 3. The molecule has 1 N–H and O–H groups in total. The molecule has 0 saturated carbocycles. The van der Waals surface area contributed by atoms with Gasteiger partial charge in [0.25, 0.3) is 0 Å². The second kappa shape index (κ2) is 4.59.